The van der Waals surface area contributed by atoms with E-state index in [1.807, 2.05) is 30.3 Å². The molecule has 4 rings (SSSR count). The maximum atomic E-state index is 13.8. The van der Waals surface area contributed by atoms with Gasteiger partial charge >= 0.3 is 59.7 Å². The van der Waals surface area contributed by atoms with E-state index in [0.717, 1.165) is 47.1 Å². The number of amides is 8. The second-order valence-electron chi connectivity index (χ2n) is 33.4. The SMILES string of the molecule is CC(=O)NC1C(OC(C)=O)[C@H](OC(C)=O)C(COC(C)=O)O[C@H]1OCCCCCCNC(=O)CCOCC(CNC(=O)CCCC(=O)NCCCCCC(=O)OCc1ccccc1)(COCCC(=O)NCCCCCCO[C@@H]1OC(COC(C)=O)[C@@H](OC(C)=O)C(OC(C)=O)C1NC(C)=O)COCCC(=O)NCCCCCCO[C@@H]1OC(COC(C)=O)[C@@H](OC(C)=O)[C@H](OC(C)=O)C1NC(C)=O. The molecule has 774 valence electrons. The standard InChI is InChI=1S/C92H144N8O37/c1-58(101)98-80-86(132-67(10)110)83(129-64(7)107)71(51-125-61(4)104)135-89(80)122-44-28-16-13-24-40-94-76(115)37-47-119-55-92(54-97-75(114)35-31-34-74(113)93-43-27-20-23-36-79(118)128-50-70-32-21-19-22-33-70,56-120-48-38-77(116)95-41-25-14-17-29-45-123-90-81(99-59(2)102)87(133-68(11)111)84(130-65(8)108)72(136-90)52-126-62(5)105)57-121-49-39-78(117)96-42-26-15-18-30-46-124-91-82(100-60(3)103)88(134-69(12)112)85(131-66(9)109)73(137-91)53-127-63(6)106/h19,21-22,32-33,71-73,80-91H,13-18,20,23-31,34-57H2,1-12H3,(H,93,113)(H,94,115)(H,95,116)(H,96,117)(H,97,114)(H,98,101)(H,99,102)(H,100,103)/t71?,72?,73?,80?,81?,82?,83-,84-,85-,86-,87?,88?,89-,90-,91-,92?/m1/s1. The lowest BCUT2D eigenvalue weighted by Gasteiger charge is -2.44. The monoisotopic (exact) mass is 1950 g/mol. The van der Waals surface area contributed by atoms with Crippen molar-refractivity contribution in [2.45, 2.75) is 323 Å². The summed E-state index contributed by atoms with van der Waals surface area (Å²) < 4.78 is 109. The number of hydrogen-bond donors (Lipinski definition) is 8. The molecule has 137 heavy (non-hydrogen) atoms. The van der Waals surface area contributed by atoms with Crippen LogP contribution in [0.5, 0.6) is 0 Å². The van der Waals surface area contributed by atoms with E-state index in [2.05, 4.69) is 42.5 Å². The van der Waals surface area contributed by atoms with Crippen LogP contribution in [-0.2, 0) is 183 Å². The molecule has 1 aromatic carbocycles. The summed E-state index contributed by atoms with van der Waals surface area (Å²) in [6, 6.07) is 5.88. The highest BCUT2D eigenvalue weighted by atomic mass is 16.7. The second kappa shape index (κ2) is 67.6. The molecular formula is C92H144N8O37. The highest BCUT2D eigenvalue weighted by Crippen LogP contribution is 2.33. The molecule has 45 nitrogen and oxygen atoms in total. The van der Waals surface area contributed by atoms with Gasteiger partial charge in [-0.3, -0.25) is 86.3 Å². The minimum atomic E-state index is -1.29. The normalized spacial score (nSPS) is 21.4. The molecule has 3 aliphatic rings. The van der Waals surface area contributed by atoms with E-state index in [0.29, 0.717) is 103 Å². The Bertz CT molecular complexity index is 3630. The number of carbonyl (C=O) groups excluding carboxylic acids is 18. The third-order valence-corrected chi connectivity index (χ3v) is 21.0. The molecule has 8 N–H and O–H groups in total. The molecule has 0 aliphatic carbocycles. The Morgan fingerprint density at radius 2 is 0.577 bits per heavy atom. The molecule has 0 bridgehead atoms. The molecule has 3 fully saturated rings. The van der Waals surface area contributed by atoms with Crippen LogP contribution in [0.15, 0.2) is 30.3 Å². The van der Waals surface area contributed by atoms with Crippen LogP contribution in [-0.4, -0.2) is 311 Å². The summed E-state index contributed by atoms with van der Waals surface area (Å²) in [6.45, 7) is 13.3. The van der Waals surface area contributed by atoms with E-state index in [4.69, 9.17) is 90.0 Å². The van der Waals surface area contributed by atoms with Crippen LogP contribution in [0, 0.1) is 5.41 Å². The third-order valence-electron chi connectivity index (χ3n) is 21.0. The van der Waals surface area contributed by atoms with Crippen LogP contribution < -0.4 is 42.5 Å². The van der Waals surface area contributed by atoms with Gasteiger partial charge in [-0.05, 0) is 63.4 Å². The van der Waals surface area contributed by atoms with Crippen LogP contribution in [0.2, 0.25) is 0 Å². The van der Waals surface area contributed by atoms with Crippen molar-refractivity contribution < 1.29 is 176 Å². The summed E-state index contributed by atoms with van der Waals surface area (Å²) in [7, 11) is 0. The number of rotatable bonds is 68. The summed E-state index contributed by atoms with van der Waals surface area (Å²) in [5, 5.41) is 22.4. The molecule has 45 heteroatoms. The highest BCUT2D eigenvalue weighted by Gasteiger charge is 2.55. The zero-order valence-electron chi connectivity index (χ0n) is 80.9. The first-order valence-electron chi connectivity index (χ1n) is 46.7. The number of ether oxygens (including phenoxy) is 19. The van der Waals surface area contributed by atoms with Gasteiger partial charge in [-0.15, -0.1) is 0 Å². The number of nitrogens with one attached hydrogen (secondary N) is 8. The fourth-order valence-electron chi connectivity index (χ4n) is 14.7. The predicted octanol–water partition coefficient (Wildman–Crippen LogP) is 2.95. The van der Waals surface area contributed by atoms with E-state index in [9.17, 15) is 86.3 Å². The fourth-order valence-corrected chi connectivity index (χ4v) is 14.7. The Balaban J connectivity index is 1.43. The molecule has 3 heterocycles. The number of benzene rings is 1. The van der Waals surface area contributed by atoms with E-state index in [-0.39, 0.29) is 167 Å². The zero-order chi connectivity index (χ0) is 101. The third kappa shape index (κ3) is 52.1. The largest absolute Gasteiger partial charge is 0.463 e. The van der Waals surface area contributed by atoms with E-state index >= 15 is 0 Å². The molecule has 0 radical (unpaired) electrons. The lowest BCUT2D eigenvalue weighted by Crippen LogP contribution is -2.66. The van der Waals surface area contributed by atoms with Gasteiger partial charge in [0.25, 0.3) is 0 Å². The second-order valence-corrected chi connectivity index (χ2v) is 33.4. The molecule has 0 aromatic heterocycles. The Kier molecular flexibility index (Phi) is 58.5. The first kappa shape index (κ1) is 119. The molecule has 0 spiro atoms. The molecule has 8 amide bonds. The molecular weight excluding hydrogens is 1810 g/mol. The average molecular weight is 1950 g/mol. The van der Waals surface area contributed by atoms with Gasteiger partial charge in [0.15, 0.2) is 55.5 Å². The van der Waals surface area contributed by atoms with Gasteiger partial charge in [-0.1, -0.05) is 75.3 Å². The van der Waals surface area contributed by atoms with E-state index in [1.165, 1.54) is 41.5 Å². The number of carbonyl (C=O) groups is 18. The Morgan fingerprint density at radius 1 is 0.292 bits per heavy atom. The van der Waals surface area contributed by atoms with Crippen LogP contribution in [0.25, 0.3) is 0 Å². The predicted molar refractivity (Wildman–Crippen MR) is 478 cm³/mol. The first-order valence-corrected chi connectivity index (χ1v) is 46.7. The first-order chi connectivity index (χ1) is 65.3. The van der Waals surface area contributed by atoms with Crippen molar-refractivity contribution in [1.29, 1.82) is 0 Å². The lowest BCUT2D eigenvalue weighted by atomic mass is 9.90. The topological polar surface area (TPSA) is 579 Å². The van der Waals surface area contributed by atoms with Crippen LogP contribution in [0.4, 0.5) is 0 Å². The maximum absolute atomic E-state index is 13.8. The molecule has 3 aliphatic heterocycles. The van der Waals surface area contributed by atoms with Crippen LogP contribution >= 0.6 is 0 Å². The summed E-state index contributed by atoms with van der Waals surface area (Å²) in [5.41, 5.74) is -0.366. The molecule has 3 saturated heterocycles. The van der Waals surface area contributed by atoms with Crippen molar-refractivity contribution in [2.24, 2.45) is 5.41 Å². The fraction of sp³-hybridized carbons (Fsp3) is 0.739. The van der Waals surface area contributed by atoms with Crippen molar-refractivity contribution in [1.82, 2.24) is 42.5 Å². The molecule has 15 atom stereocenters. The van der Waals surface area contributed by atoms with Gasteiger partial charge in [0, 0.05) is 174 Å². The summed E-state index contributed by atoms with van der Waals surface area (Å²) >= 11 is 0. The molecule has 1 aromatic rings. The van der Waals surface area contributed by atoms with Gasteiger partial charge in [-0.25, -0.2) is 0 Å². The summed E-state index contributed by atoms with van der Waals surface area (Å²) in [4.78, 5) is 226. The van der Waals surface area contributed by atoms with Crippen molar-refractivity contribution in [3.05, 3.63) is 35.9 Å². The Labute approximate surface area is 798 Å². The quantitative estimate of drug-likeness (QED) is 0.0264. The lowest BCUT2D eigenvalue weighted by molar-refractivity contribution is -0.277. The minimum Gasteiger partial charge on any atom is -0.463 e. The number of unbranched alkanes of at least 4 members (excludes halogenated alkanes) is 11. The van der Waals surface area contributed by atoms with E-state index in [1.54, 1.807) is 0 Å². The summed E-state index contributed by atoms with van der Waals surface area (Å²) in [6.07, 6.45) is -6.40. The maximum Gasteiger partial charge on any atom is 0.306 e. The molecule has 8 unspecified atom stereocenters. The smallest absolute Gasteiger partial charge is 0.306 e. The van der Waals surface area contributed by atoms with Gasteiger partial charge < -0.3 is 133 Å². The Morgan fingerprint density at radius 3 is 0.876 bits per heavy atom. The molecule has 0 saturated carbocycles. The number of hydrogen-bond acceptors (Lipinski definition) is 37. The van der Waals surface area contributed by atoms with Gasteiger partial charge in [0.2, 0.25) is 47.3 Å². The average Bonchev–Trinajstić information content (AvgIpc) is 0.793. The zero-order valence-corrected chi connectivity index (χ0v) is 80.9. The Hall–Kier alpha value is -10.7. The van der Waals surface area contributed by atoms with Crippen molar-refractivity contribution in [2.75, 3.05) is 112 Å². The van der Waals surface area contributed by atoms with Crippen LogP contribution in [0.3, 0.4) is 0 Å². The van der Waals surface area contributed by atoms with E-state index < -0.39 is 195 Å². The van der Waals surface area contributed by atoms with Gasteiger partial charge in [0.05, 0.1) is 45.1 Å². The van der Waals surface area contributed by atoms with Crippen molar-refractivity contribution >= 4 is 107 Å². The van der Waals surface area contributed by atoms with Gasteiger partial charge in [-0.2, -0.15) is 0 Å². The van der Waals surface area contributed by atoms with Crippen molar-refractivity contribution in [3.63, 3.8) is 0 Å². The van der Waals surface area contributed by atoms with Crippen molar-refractivity contribution in [3.8, 4) is 0 Å². The van der Waals surface area contributed by atoms with Crippen LogP contribution in [0.1, 0.15) is 230 Å². The number of esters is 10. The summed E-state index contributed by atoms with van der Waals surface area (Å²) in [5.74, 6) is -10.2. The minimum absolute atomic E-state index is 0.0207. The highest BCUT2D eigenvalue weighted by molar-refractivity contribution is 5.80. The van der Waals surface area contributed by atoms with Gasteiger partial charge in [0.1, 0.15) is 62.9 Å².